The molecule has 2 nitrogen and oxygen atoms in total. The van der Waals surface area contributed by atoms with Gasteiger partial charge in [0.2, 0.25) is 0 Å². The van der Waals surface area contributed by atoms with E-state index in [0.717, 1.165) is 13.2 Å². The van der Waals surface area contributed by atoms with E-state index in [1.54, 1.807) is 0 Å². The first-order valence-corrected chi connectivity index (χ1v) is 6.07. The second kappa shape index (κ2) is 4.19. The fourth-order valence-corrected chi connectivity index (χ4v) is 2.42. The van der Waals surface area contributed by atoms with Gasteiger partial charge in [-0.15, -0.1) is 0 Å². The van der Waals surface area contributed by atoms with Crippen LogP contribution in [-0.4, -0.2) is 37.2 Å². The molecule has 2 rings (SSSR count). The highest BCUT2D eigenvalue weighted by molar-refractivity contribution is 4.95. The van der Waals surface area contributed by atoms with E-state index in [4.69, 9.17) is 4.74 Å². The van der Waals surface area contributed by atoms with E-state index in [-0.39, 0.29) is 0 Å². The van der Waals surface area contributed by atoms with Crippen LogP contribution < -0.4 is 0 Å². The molecule has 0 unspecified atom stereocenters. The van der Waals surface area contributed by atoms with Crippen molar-refractivity contribution < 1.29 is 4.74 Å². The largest absolute Gasteiger partial charge is 0.380 e. The third-order valence-corrected chi connectivity index (χ3v) is 3.96. The van der Waals surface area contributed by atoms with Crippen LogP contribution in [0.15, 0.2) is 0 Å². The van der Waals surface area contributed by atoms with Crippen molar-refractivity contribution in [1.29, 1.82) is 0 Å². The van der Waals surface area contributed by atoms with E-state index in [1.165, 1.54) is 38.8 Å². The Kier molecular flexibility index (Phi) is 3.13. The summed E-state index contributed by atoms with van der Waals surface area (Å²) in [5.74, 6) is 0. The summed E-state index contributed by atoms with van der Waals surface area (Å²) in [5.41, 5.74) is 0.693. The maximum Gasteiger partial charge on any atom is 0.0619 e. The Balaban J connectivity index is 1.88. The normalized spacial score (nSPS) is 32.6. The molecule has 14 heavy (non-hydrogen) atoms. The van der Waals surface area contributed by atoms with E-state index in [9.17, 15) is 0 Å². The van der Waals surface area contributed by atoms with Gasteiger partial charge < -0.3 is 4.74 Å². The van der Waals surface area contributed by atoms with Crippen LogP contribution in [0.4, 0.5) is 0 Å². The molecule has 2 heteroatoms. The minimum Gasteiger partial charge on any atom is -0.380 e. The van der Waals surface area contributed by atoms with E-state index >= 15 is 0 Å². The van der Waals surface area contributed by atoms with Crippen molar-refractivity contribution in [3.63, 3.8) is 0 Å². The summed E-state index contributed by atoms with van der Waals surface area (Å²) < 4.78 is 5.56. The molecule has 0 aromatic rings. The van der Waals surface area contributed by atoms with Crippen molar-refractivity contribution in [2.24, 2.45) is 5.41 Å². The lowest BCUT2D eigenvalue weighted by Crippen LogP contribution is -2.39. The zero-order valence-electron chi connectivity index (χ0n) is 9.59. The van der Waals surface area contributed by atoms with Crippen molar-refractivity contribution in [1.82, 2.24) is 4.90 Å². The molecule has 0 amide bonds. The van der Waals surface area contributed by atoms with Gasteiger partial charge >= 0.3 is 0 Å². The van der Waals surface area contributed by atoms with Gasteiger partial charge in [-0.1, -0.05) is 6.92 Å². The van der Waals surface area contributed by atoms with Gasteiger partial charge in [-0.3, -0.25) is 4.90 Å². The monoisotopic (exact) mass is 197 g/mol. The Morgan fingerprint density at radius 3 is 2.86 bits per heavy atom. The molecular weight excluding hydrogens is 174 g/mol. The maximum absolute atomic E-state index is 5.56. The summed E-state index contributed by atoms with van der Waals surface area (Å²) in [5, 5.41) is 0. The fourth-order valence-electron chi connectivity index (χ4n) is 2.42. The highest BCUT2D eigenvalue weighted by Crippen LogP contribution is 2.49. The van der Waals surface area contributed by atoms with Gasteiger partial charge in [0.1, 0.15) is 0 Å². The molecule has 1 atom stereocenters. The number of nitrogens with zero attached hydrogens (tertiary/aromatic N) is 1. The smallest absolute Gasteiger partial charge is 0.0619 e. The van der Waals surface area contributed by atoms with Crippen LogP contribution in [0.5, 0.6) is 0 Å². The van der Waals surface area contributed by atoms with Gasteiger partial charge in [0.25, 0.3) is 0 Å². The van der Waals surface area contributed by atoms with E-state index in [0.29, 0.717) is 11.5 Å². The lowest BCUT2D eigenvalue weighted by molar-refractivity contribution is 0.0982. The minimum atomic E-state index is 0.626. The Morgan fingerprint density at radius 1 is 1.43 bits per heavy atom. The van der Waals surface area contributed by atoms with Gasteiger partial charge in [0.15, 0.2) is 0 Å². The molecule has 1 saturated heterocycles. The highest BCUT2D eigenvalue weighted by atomic mass is 16.5. The van der Waals surface area contributed by atoms with Gasteiger partial charge in [-0.2, -0.15) is 0 Å². The molecule has 2 fully saturated rings. The quantitative estimate of drug-likeness (QED) is 0.688. The van der Waals surface area contributed by atoms with Crippen molar-refractivity contribution >= 4 is 0 Å². The number of rotatable bonds is 3. The molecule has 0 bridgehead atoms. The topological polar surface area (TPSA) is 12.5 Å². The van der Waals surface area contributed by atoms with Crippen LogP contribution in [0, 0.1) is 5.41 Å². The van der Waals surface area contributed by atoms with Crippen molar-refractivity contribution in [2.45, 2.75) is 45.6 Å². The van der Waals surface area contributed by atoms with Gasteiger partial charge in [0, 0.05) is 25.7 Å². The molecule has 0 spiro atoms. The molecule has 2 aliphatic rings. The average molecular weight is 197 g/mol. The number of hydrogen-bond acceptors (Lipinski definition) is 2. The van der Waals surface area contributed by atoms with Crippen LogP contribution in [0.1, 0.15) is 39.5 Å². The zero-order chi connectivity index (χ0) is 10.0. The van der Waals surface area contributed by atoms with E-state index < -0.39 is 0 Å². The van der Waals surface area contributed by atoms with Crippen LogP contribution in [0.3, 0.4) is 0 Å². The van der Waals surface area contributed by atoms with Crippen LogP contribution in [0.2, 0.25) is 0 Å². The lowest BCUT2D eigenvalue weighted by atomic mass is 10.0. The summed E-state index contributed by atoms with van der Waals surface area (Å²) in [4.78, 5) is 2.64. The molecule has 1 aliphatic heterocycles. The molecule has 0 N–H and O–H groups in total. The van der Waals surface area contributed by atoms with E-state index in [1.807, 2.05) is 0 Å². The highest BCUT2D eigenvalue weighted by Gasteiger charge is 2.42. The Hall–Kier alpha value is -0.0800. The zero-order valence-corrected chi connectivity index (χ0v) is 9.59. The summed E-state index contributed by atoms with van der Waals surface area (Å²) >= 11 is 0. The number of hydrogen-bond donors (Lipinski definition) is 0. The molecule has 0 aromatic heterocycles. The van der Waals surface area contributed by atoms with Crippen molar-refractivity contribution in [3.05, 3.63) is 0 Å². The molecule has 0 radical (unpaired) electrons. The Labute approximate surface area is 87.6 Å². The summed E-state index contributed by atoms with van der Waals surface area (Å²) in [6.45, 7) is 9.08. The maximum atomic E-state index is 5.56. The molecule has 1 aliphatic carbocycles. The minimum absolute atomic E-state index is 0.626. The second-order valence-corrected chi connectivity index (χ2v) is 5.10. The predicted molar refractivity (Wildman–Crippen MR) is 58.4 cm³/mol. The lowest BCUT2D eigenvalue weighted by Gasteiger charge is -2.30. The van der Waals surface area contributed by atoms with Gasteiger partial charge in [-0.25, -0.2) is 0 Å². The van der Waals surface area contributed by atoms with Crippen molar-refractivity contribution in [2.75, 3.05) is 26.3 Å². The van der Waals surface area contributed by atoms with Crippen LogP contribution in [-0.2, 0) is 4.74 Å². The third kappa shape index (κ3) is 2.29. The predicted octanol–water partition coefficient (Wildman–Crippen LogP) is 2.29. The average Bonchev–Trinajstić information content (AvgIpc) is 2.97. The summed E-state index contributed by atoms with van der Waals surface area (Å²) in [6.07, 6.45) is 5.47. The summed E-state index contributed by atoms with van der Waals surface area (Å²) in [6, 6.07) is 0.626. The second-order valence-electron chi connectivity index (χ2n) is 5.10. The SMILES string of the molecule is CCC1(CN2CCCOC[C@H]2C)CC1. The fraction of sp³-hybridized carbons (Fsp3) is 1.00. The summed E-state index contributed by atoms with van der Waals surface area (Å²) in [7, 11) is 0. The number of ether oxygens (including phenoxy) is 1. The first-order valence-electron chi connectivity index (χ1n) is 6.07. The molecule has 1 saturated carbocycles. The van der Waals surface area contributed by atoms with E-state index in [2.05, 4.69) is 18.7 Å². The first-order chi connectivity index (χ1) is 6.76. The standard InChI is InChI=1S/C12H23NO/c1-3-12(5-6-12)10-13-7-4-8-14-9-11(13)2/h11H,3-10H2,1-2H3/t11-/m1/s1. The Bertz CT molecular complexity index is 189. The molecule has 0 aromatic carbocycles. The van der Waals surface area contributed by atoms with Gasteiger partial charge in [-0.05, 0) is 38.0 Å². The van der Waals surface area contributed by atoms with Crippen molar-refractivity contribution in [3.8, 4) is 0 Å². The first kappa shape index (κ1) is 10.4. The third-order valence-electron chi connectivity index (χ3n) is 3.96. The Morgan fingerprint density at radius 2 is 2.21 bits per heavy atom. The van der Waals surface area contributed by atoms with Gasteiger partial charge in [0.05, 0.1) is 6.61 Å². The molecule has 82 valence electrons. The molecular formula is C12H23NO. The molecule has 1 heterocycles. The van der Waals surface area contributed by atoms with Crippen LogP contribution >= 0.6 is 0 Å². The van der Waals surface area contributed by atoms with Crippen LogP contribution in [0.25, 0.3) is 0 Å².